The van der Waals surface area contributed by atoms with Gasteiger partial charge in [0.25, 0.3) is 5.91 Å². The largest absolute Gasteiger partial charge is 0.335 e. The van der Waals surface area contributed by atoms with E-state index in [0.29, 0.717) is 6.04 Å². The van der Waals surface area contributed by atoms with Crippen LogP contribution in [0.2, 0.25) is 0 Å². The minimum atomic E-state index is 0.132. The number of nitrogens with zero attached hydrogens (tertiary/aromatic N) is 3. The first-order valence-electron chi connectivity index (χ1n) is 7.35. The van der Waals surface area contributed by atoms with Crippen LogP contribution < -0.4 is 0 Å². The van der Waals surface area contributed by atoms with Crippen molar-refractivity contribution in [3.05, 3.63) is 35.1 Å². The van der Waals surface area contributed by atoms with Crippen molar-refractivity contribution in [3.63, 3.8) is 0 Å². The molecule has 0 aromatic carbocycles. The average molecular weight is 301 g/mol. The fourth-order valence-electron chi connectivity index (χ4n) is 2.74. The summed E-state index contributed by atoms with van der Waals surface area (Å²) in [6, 6.07) is 4.19. The number of aromatic nitrogens is 2. The van der Waals surface area contributed by atoms with E-state index in [-0.39, 0.29) is 5.91 Å². The Labute approximate surface area is 128 Å². The van der Waals surface area contributed by atoms with Gasteiger partial charge in [-0.3, -0.25) is 9.78 Å². The molecule has 1 saturated heterocycles. The minimum Gasteiger partial charge on any atom is -0.335 e. The highest BCUT2D eigenvalue weighted by molar-refractivity contribution is 7.17. The molecule has 1 fully saturated rings. The van der Waals surface area contributed by atoms with E-state index in [4.69, 9.17) is 0 Å². The molecule has 1 aliphatic rings. The van der Waals surface area contributed by atoms with Crippen molar-refractivity contribution >= 4 is 17.2 Å². The summed E-state index contributed by atoms with van der Waals surface area (Å²) in [5.74, 6) is 0.132. The maximum Gasteiger partial charge on any atom is 0.266 e. The second kappa shape index (κ2) is 5.93. The summed E-state index contributed by atoms with van der Waals surface area (Å²) < 4.78 is 0. The molecular formula is C16H19N3OS. The first-order chi connectivity index (χ1) is 10.2. The molecule has 1 aliphatic heterocycles. The predicted octanol–water partition coefficient (Wildman–Crippen LogP) is 3.53. The second-order valence-electron chi connectivity index (χ2n) is 5.52. The van der Waals surface area contributed by atoms with Gasteiger partial charge in [0.05, 0.1) is 5.69 Å². The average Bonchev–Trinajstić information content (AvgIpc) is 2.90. The van der Waals surface area contributed by atoms with Gasteiger partial charge >= 0.3 is 0 Å². The quantitative estimate of drug-likeness (QED) is 0.852. The van der Waals surface area contributed by atoms with Gasteiger partial charge in [0, 0.05) is 30.5 Å². The Balaban J connectivity index is 1.89. The molecule has 2 aromatic rings. The molecule has 0 radical (unpaired) electrons. The fourth-order valence-corrected chi connectivity index (χ4v) is 3.75. The van der Waals surface area contributed by atoms with E-state index in [1.165, 1.54) is 17.8 Å². The smallest absolute Gasteiger partial charge is 0.266 e. The summed E-state index contributed by atoms with van der Waals surface area (Å²) in [6.45, 7) is 4.91. The van der Waals surface area contributed by atoms with Crippen molar-refractivity contribution in [1.29, 1.82) is 0 Å². The monoisotopic (exact) mass is 301 g/mol. The van der Waals surface area contributed by atoms with Gasteiger partial charge in [-0.05, 0) is 45.2 Å². The number of piperidine rings is 1. The van der Waals surface area contributed by atoms with Crippen molar-refractivity contribution in [1.82, 2.24) is 14.9 Å². The number of thiazole rings is 1. The lowest BCUT2D eigenvalue weighted by Gasteiger charge is -2.33. The van der Waals surface area contributed by atoms with E-state index in [1.807, 2.05) is 24.0 Å². The van der Waals surface area contributed by atoms with Crippen LogP contribution in [-0.2, 0) is 0 Å². The van der Waals surface area contributed by atoms with Gasteiger partial charge in [0.15, 0.2) is 0 Å². The van der Waals surface area contributed by atoms with Crippen LogP contribution in [0, 0.1) is 6.92 Å². The Kier molecular flexibility index (Phi) is 4.01. The van der Waals surface area contributed by atoms with Crippen molar-refractivity contribution in [2.24, 2.45) is 0 Å². The molecule has 2 aromatic heterocycles. The van der Waals surface area contributed by atoms with Crippen molar-refractivity contribution < 1.29 is 4.79 Å². The second-order valence-corrected chi connectivity index (χ2v) is 6.52. The van der Waals surface area contributed by atoms with Crippen LogP contribution in [0.15, 0.2) is 24.5 Å². The zero-order valence-corrected chi connectivity index (χ0v) is 13.2. The van der Waals surface area contributed by atoms with Crippen LogP contribution >= 0.6 is 11.3 Å². The van der Waals surface area contributed by atoms with Crippen molar-refractivity contribution in [2.45, 2.75) is 39.2 Å². The molecule has 1 atom stereocenters. The molecule has 0 spiro atoms. The minimum absolute atomic E-state index is 0.132. The van der Waals surface area contributed by atoms with E-state index < -0.39 is 0 Å². The summed E-state index contributed by atoms with van der Waals surface area (Å²) in [6.07, 6.45) is 6.94. The molecule has 0 saturated carbocycles. The van der Waals surface area contributed by atoms with Gasteiger partial charge in [0.1, 0.15) is 9.88 Å². The summed E-state index contributed by atoms with van der Waals surface area (Å²) in [5.41, 5.74) is 1.79. The number of amides is 1. The third-order valence-corrected chi connectivity index (χ3v) is 5.16. The Morgan fingerprint density at radius 1 is 1.43 bits per heavy atom. The predicted molar refractivity (Wildman–Crippen MR) is 84.4 cm³/mol. The lowest BCUT2D eigenvalue weighted by molar-refractivity contribution is 0.0639. The van der Waals surface area contributed by atoms with Crippen LogP contribution in [-0.4, -0.2) is 33.4 Å². The Hall–Kier alpha value is -1.75. The molecule has 3 heterocycles. The summed E-state index contributed by atoms with van der Waals surface area (Å²) in [5, 5.41) is 0.869. The topological polar surface area (TPSA) is 46.1 Å². The lowest BCUT2D eigenvalue weighted by atomic mass is 10.0. The molecule has 5 heteroatoms. The highest BCUT2D eigenvalue weighted by atomic mass is 32.1. The summed E-state index contributed by atoms with van der Waals surface area (Å²) in [7, 11) is 0. The van der Waals surface area contributed by atoms with Gasteiger partial charge in [-0.15, -0.1) is 11.3 Å². The molecule has 0 aliphatic carbocycles. The van der Waals surface area contributed by atoms with E-state index in [9.17, 15) is 4.79 Å². The van der Waals surface area contributed by atoms with Gasteiger partial charge in [-0.25, -0.2) is 4.98 Å². The molecule has 21 heavy (non-hydrogen) atoms. The molecule has 1 unspecified atom stereocenters. The van der Waals surface area contributed by atoms with Crippen LogP contribution in [0.3, 0.4) is 0 Å². The number of pyridine rings is 1. The zero-order valence-electron chi connectivity index (χ0n) is 12.4. The van der Waals surface area contributed by atoms with E-state index >= 15 is 0 Å². The fraction of sp³-hybridized carbons (Fsp3) is 0.438. The van der Waals surface area contributed by atoms with Crippen LogP contribution in [0.25, 0.3) is 10.6 Å². The van der Waals surface area contributed by atoms with Gasteiger partial charge in [-0.2, -0.15) is 0 Å². The third kappa shape index (κ3) is 2.83. The first kappa shape index (κ1) is 14.2. The molecule has 3 rings (SSSR count). The third-order valence-electron chi connectivity index (χ3n) is 3.96. The lowest BCUT2D eigenvalue weighted by Crippen LogP contribution is -2.41. The first-order valence-corrected chi connectivity index (χ1v) is 8.17. The SMILES string of the molecule is Cc1nc(-c2cccnc2)sc1C(=O)N1CCCCC1C. The number of carbonyl (C=O) groups is 1. The summed E-state index contributed by atoms with van der Waals surface area (Å²) in [4.78, 5) is 24.2. The van der Waals surface area contributed by atoms with Crippen LogP contribution in [0.4, 0.5) is 0 Å². The number of carbonyl (C=O) groups excluding carboxylic acids is 1. The van der Waals surface area contributed by atoms with Crippen molar-refractivity contribution in [2.75, 3.05) is 6.54 Å². The van der Waals surface area contributed by atoms with Gasteiger partial charge in [-0.1, -0.05) is 0 Å². The molecule has 0 N–H and O–H groups in total. The van der Waals surface area contributed by atoms with Crippen molar-refractivity contribution in [3.8, 4) is 10.6 Å². The Morgan fingerprint density at radius 2 is 2.29 bits per heavy atom. The highest BCUT2D eigenvalue weighted by Gasteiger charge is 2.27. The molecule has 0 bridgehead atoms. The summed E-state index contributed by atoms with van der Waals surface area (Å²) >= 11 is 1.47. The number of hydrogen-bond acceptors (Lipinski definition) is 4. The highest BCUT2D eigenvalue weighted by Crippen LogP contribution is 2.29. The Morgan fingerprint density at radius 3 is 3.00 bits per heavy atom. The maximum absolute atomic E-state index is 12.8. The molecule has 4 nitrogen and oxygen atoms in total. The molecule has 110 valence electrons. The van der Waals surface area contributed by atoms with Gasteiger partial charge in [0.2, 0.25) is 0 Å². The van der Waals surface area contributed by atoms with E-state index in [1.54, 1.807) is 12.4 Å². The molecule has 1 amide bonds. The normalized spacial score (nSPS) is 18.8. The Bertz CT molecular complexity index is 638. The standard InChI is InChI=1S/C16H19N3OS/c1-11-6-3-4-9-19(11)16(20)14-12(2)18-15(21-14)13-7-5-8-17-10-13/h5,7-8,10-11H,3-4,6,9H2,1-2H3. The molecular weight excluding hydrogens is 282 g/mol. The maximum atomic E-state index is 12.8. The van der Waals surface area contributed by atoms with Gasteiger partial charge < -0.3 is 4.90 Å². The van der Waals surface area contributed by atoms with E-state index in [2.05, 4.69) is 16.9 Å². The number of hydrogen-bond donors (Lipinski definition) is 0. The van der Waals surface area contributed by atoms with Crippen LogP contribution in [0.1, 0.15) is 41.6 Å². The number of likely N-dealkylation sites (tertiary alicyclic amines) is 1. The van der Waals surface area contributed by atoms with Crippen LogP contribution in [0.5, 0.6) is 0 Å². The number of rotatable bonds is 2. The van der Waals surface area contributed by atoms with E-state index in [0.717, 1.165) is 40.5 Å². The zero-order chi connectivity index (χ0) is 14.8. The number of aryl methyl sites for hydroxylation is 1.